The second kappa shape index (κ2) is 5.01. The molecule has 0 radical (unpaired) electrons. The molecule has 0 spiro atoms. The third-order valence-corrected chi connectivity index (χ3v) is 2.19. The van der Waals surface area contributed by atoms with Crippen molar-refractivity contribution in [2.45, 2.75) is 51.9 Å². The van der Waals surface area contributed by atoms with Gasteiger partial charge in [-0.25, -0.2) is 9.59 Å². The van der Waals surface area contributed by atoms with Crippen LogP contribution in [0.15, 0.2) is 0 Å². The van der Waals surface area contributed by atoms with Crippen LogP contribution in [0.3, 0.4) is 0 Å². The van der Waals surface area contributed by atoms with E-state index in [4.69, 9.17) is 15.6 Å². The van der Waals surface area contributed by atoms with Gasteiger partial charge in [-0.05, 0) is 26.7 Å². The van der Waals surface area contributed by atoms with Crippen molar-refractivity contribution < 1.29 is 24.5 Å². The lowest BCUT2D eigenvalue weighted by Crippen LogP contribution is -2.65. The number of rotatable bonds is 4. The van der Waals surface area contributed by atoms with E-state index in [0.717, 1.165) is 0 Å². The highest BCUT2D eigenvalue weighted by molar-refractivity contribution is 6.04. The van der Waals surface area contributed by atoms with Crippen molar-refractivity contribution in [3.05, 3.63) is 0 Å². The molecule has 0 saturated carbocycles. The van der Waals surface area contributed by atoms with Gasteiger partial charge in [-0.2, -0.15) is 0 Å². The molecule has 0 rings (SSSR count). The van der Waals surface area contributed by atoms with Gasteiger partial charge in [0.1, 0.15) is 5.60 Å². The monoisotopic (exact) mass is 247 g/mol. The van der Waals surface area contributed by atoms with Crippen LogP contribution in [0.25, 0.3) is 0 Å². The molecule has 6 heteroatoms. The molecular formula is C11H21NO5. The van der Waals surface area contributed by atoms with Crippen molar-refractivity contribution in [2.24, 2.45) is 11.7 Å². The standard InChI is InChI=1S/C11H21NO5/c1-6(2)7(13)11(12,8(14)15)9(16)17-10(3,4)5/h6-7,13H,12H2,1-5H3,(H,14,15)/t7-,11+/m0/s1. The lowest BCUT2D eigenvalue weighted by molar-refractivity contribution is -0.176. The zero-order chi connectivity index (χ0) is 14.0. The van der Waals surface area contributed by atoms with Crippen LogP contribution in [0, 0.1) is 5.92 Å². The van der Waals surface area contributed by atoms with Crippen molar-refractivity contribution >= 4 is 11.9 Å². The van der Waals surface area contributed by atoms with Crippen molar-refractivity contribution in [1.82, 2.24) is 0 Å². The van der Waals surface area contributed by atoms with Crippen LogP contribution in [0.5, 0.6) is 0 Å². The smallest absolute Gasteiger partial charge is 0.341 e. The molecule has 0 heterocycles. The normalized spacial score (nSPS) is 17.4. The van der Waals surface area contributed by atoms with Crippen molar-refractivity contribution in [3.8, 4) is 0 Å². The zero-order valence-electron chi connectivity index (χ0n) is 10.9. The van der Waals surface area contributed by atoms with Gasteiger partial charge in [0.2, 0.25) is 5.54 Å². The Hall–Kier alpha value is -1.14. The Morgan fingerprint density at radius 2 is 1.65 bits per heavy atom. The van der Waals surface area contributed by atoms with E-state index in [0.29, 0.717) is 0 Å². The Kier molecular flexibility index (Phi) is 4.68. The van der Waals surface area contributed by atoms with E-state index < -0.39 is 35.1 Å². The highest BCUT2D eigenvalue weighted by Gasteiger charge is 2.52. The van der Waals surface area contributed by atoms with Gasteiger partial charge in [0.15, 0.2) is 0 Å². The quantitative estimate of drug-likeness (QED) is 0.481. The molecular weight excluding hydrogens is 226 g/mol. The molecule has 0 saturated heterocycles. The third kappa shape index (κ3) is 3.67. The molecule has 6 nitrogen and oxygen atoms in total. The number of aliphatic hydroxyl groups excluding tert-OH is 1. The van der Waals surface area contributed by atoms with Gasteiger partial charge >= 0.3 is 11.9 Å². The molecule has 0 unspecified atom stereocenters. The van der Waals surface area contributed by atoms with Gasteiger partial charge in [0.25, 0.3) is 0 Å². The number of carboxylic acid groups (broad SMARTS) is 1. The lowest BCUT2D eigenvalue weighted by Gasteiger charge is -2.33. The second-order valence-corrected chi connectivity index (χ2v) is 5.36. The highest BCUT2D eigenvalue weighted by atomic mass is 16.6. The average molecular weight is 247 g/mol. The zero-order valence-corrected chi connectivity index (χ0v) is 10.9. The van der Waals surface area contributed by atoms with E-state index in [1.165, 1.54) is 0 Å². The summed E-state index contributed by atoms with van der Waals surface area (Å²) in [6, 6.07) is 0. The molecule has 2 atom stereocenters. The number of carboxylic acids is 1. The lowest BCUT2D eigenvalue weighted by atomic mass is 9.86. The number of aliphatic hydroxyl groups is 1. The number of aliphatic carboxylic acids is 1. The number of carbonyl (C=O) groups is 2. The van der Waals surface area contributed by atoms with Gasteiger partial charge < -0.3 is 20.7 Å². The second-order valence-electron chi connectivity index (χ2n) is 5.36. The van der Waals surface area contributed by atoms with E-state index in [-0.39, 0.29) is 0 Å². The molecule has 0 fully saturated rings. The molecule has 0 aromatic carbocycles. The third-order valence-electron chi connectivity index (χ3n) is 2.19. The van der Waals surface area contributed by atoms with Gasteiger partial charge in [-0.15, -0.1) is 0 Å². The van der Waals surface area contributed by atoms with Crippen molar-refractivity contribution in [3.63, 3.8) is 0 Å². The summed E-state index contributed by atoms with van der Waals surface area (Å²) in [5.41, 5.74) is 2.20. The minimum atomic E-state index is -2.44. The highest BCUT2D eigenvalue weighted by Crippen LogP contribution is 2.21. The Labute approximate surface area is 101 Å². The maximum absolute atomic E-state index is 11.8. The number of ether oxygens (including phenoxy) is 1. The van der Waals surface area contributed by atoms with Gasteiger partial charge in [0.05, 0.1) is 6.10 Å². The van der Waals surface area contributed by atoms with Crippen LogP contribution in [-0.2, 0) is 14.3 Å². The number of nitrogens with two attached hydrogens (primary N) is 1. The Bertz CT molecular complexity index is 307. The largest absolute Gasteiger partial charge is 0.479 e. The Morgan fingerprint density at radius 3 is 1.88 bits per heavy atom. The van der Waals surface area contributed by atoms with Crippen LogP contribution in [-0.4, -0.2) is 39.4 Å². The first-order chi connectivity index (χ1) is 7.43. The molecule has 17 heavy (non-hydrogen) atoms. The van der Waals surface area contributed by atoms with E-state index >= 15 is 0 Å². The fraction of sp³-hybridized carbons (Fsp3) is 0.818. The molecule has 0 aliphatic carbocycles. The van der Waals surface area contributed by atoms with Gasteiger partial charge in [0, 0.05) is 0 Å². The first-order valence-electron chi connectivity index (χ1n) is 5.36. The fourth-order valence-corrected chi connectivity index (χ4v) is 1.22. The number of hydrogen-bond donors (Lipinski definition) is 3. The van der Waals surface area contributed by atoms with Crippen LogP contribution in [0.4, 0.5) is 0 Å². The van der Waals surface area contributed by atoms with Crippen LogP contribution in [0.1, 0.15) is 34.6 Å². The molecule has 0 aromatic rings. The van der Waals surface area contributed by atoms with Crippen LogP contribution < -0.4 is 5.73 Å². The number of hydrogen-bond acceptors (Lipinski definition) is 5. The van der Waals surface area contributed by atoms with E-state index in [1.54, 1.807) is 34.6 Å². The average Bonchev–Trinajstić information content (AvgIpc) is 2.11. The first-order valence-corrected chi connectivity index (χ1v) is 5.36. The summed E-state index contributed by atoms with van der Waals surface area (Å²) in [7, 11) is 0. The van der Waals surface area contributed by atoms with Crippen LogP contribution in [0.2, 0.25) is 0 Å². The molecule has 4 N–H and O–H groups in total. The van der Waals surface area contributed by atoms with E-state index in [2.05, 4.69) is 0 Å². The van der Waals surface area contributed by atoms with Crippen molar-refractivity contribution in [1.29, 1.82) is 0 Å². The first kappa shape index (κ1) is 15.9. The molecule has 0 amide bonds. The summed E-state index contributed by atoms with van der Waals surface area (Å²) in [6.07, 6.45) is -1.52. The van der Waals surface area contributed by atoms with E-state index in [1.807, 2.05) is 0 Å². The summed E-state index contributed by atoms with van der Waals surface area (Å²) in [5.74, 6) is -3.23. The summed E-state index contributed by atoms with van der Waals surface area (Å²) in [6.45, 7) is 7.91. The predicted octanol–water partition coefficient (Wildman–Crippen LogP) is 0.127. The topological polar surface area (TPSA) is 110 Å². The molecule has 0 aromatic heterocycles. The van der Waals surface area contributed by atoms with E-state index in [9.17, 15) is 14.7 Å². The Morgan fingerprint density at radius 1 is 1.24 bits per heavy atom. The SMILES string of the molecule is CC(C)[C@H](O)[C@@](N)(C(=O)O)C(=O)OC(C)(C)C. The minimum absolute atomic E-state index is 0.483. The maximum atomic E-state index is 11.8. The summed E-state index contributed by atoms with van der Waals surface area (Å²) >= 11 is 0. The summed E-state index contributed by atoms with van der Waals surface area (Å²) in [4.78, 5) is 22.9. The predicted molar refractivity (Wildman–Crippen MR) is 61.2 cm³/mol. The van der Waals surface area contributed by atoms with Gasteiger partial charge in [-0.1, -0.05) is 13.8 Å². The summed E-state index contributed by atoms with van der Waals surface area (Å²) in [5, 5.41) is 18.8. The van der Waals surface area contributed by atoms with Crippen LogP contribution >= 0.6 is 0 Å². The number of carbonyl (C=O) groups excluding carboxylic acids is 1. The minimum Gasteiger partial charge on any atom is -0.479 e. The molecule has 0 bridgehead atoms. The Balaban J connectivity index is 5.23. The molecule has 0 aliphatic heterocycles. The number of esters is 1. The van der Waals surface area contributed by atoms with Crippen molar-refractivity contribution in [2.75, 3.05) is 0 Å². The van der Waals surface area contributed by atoms with Gasteiger partial charge in [-0.3, -0.25) is 0 Å². The molecule has 0 aliphatic rings. The fourth-order valence-electron chi connectivity index (χ4n) is 1.22. The summed E-state index contributed by atoms with van der Waals surface area (Å²) < 4.78 is 4.93. The molecule has 100 valence electrons. The maximum Gasteiger partial charge on any atom is 0.341 e.